The molecule has 0 aromatic heterocycles. The molecular formula is C28H38ClN3O5. The molecule has 1 aliphatic rings. The average Bonchev–Trinajstić information content (AvgIpc) is 2.93. The van der Waals surface area contributed by atoms with Crippen molar-refractivity contribution in [3.63, 3.8) is 0 Å². The van der Waals surface area contributed by atoms with Crippen LogP contribution in [-0.2, 0) is 14.2 Å². The largest absolute Gasteiger partial charge is 0.453 e. The van der Waals surface area contributed by atoms with Crippen molar-refractivity contribution in [3.05, 3.63) is 70.2 Å². The molecule has 4 atom stereocenters. The minimum atomic E-state index is -0.522. The van der Waals surface area contributed by atoms with E-state index >= 15 is 0 Å². The highest BCUT2D eigenvalue weighted by molar-refractivity contribution is 6.30. The van der Waals surface area contributed by atoms with Gasteiger partial charge in [-0.15, -0.1) is 0 Å². The number of hydrogen-bond donors (Lipinski definition) is 3. The number of carbonyl (C=O) groups is 2. The number of benzene rings is 2. The number of hydrogen-bond acceptors (Lipinski definition) is 6. The maximum Gasteiger partial charge on any atom is 0.406 e. The third kappa shape index (κ3) is 8.71. The normalized spacial score (nSPS) is 17.9. The van der Waals surface area contributed by atoms with Gasteiger partial charge in [-0.25, -0.2) is 4.79 Å². The second-order valence-corrected chi connectivity index (χ2v) is 9.73. The molecule has 0 saturated carbocycles. The van der Waals surface area contributed by atoms with Crippen LogP contribution in [0.2, 0.25) is 5.02 Å². The molecule has 0 spiro atoms. The Morgan fingerprint density at radius 1 is 1.14 bits per heavy atom. The molecule has 2 aromatic rings. The van der Waals surface area contributed by atoms with E-state index in [9.17, 15) is 9.59 Å². The van der Waals surface area contributed by atoms with Gasteiger partial charge in [0.15, 0.2) is 0 Å². The molecule has 0 radical (unpaired) electrons. The smallest absolute Gasteiger partial charge is 0.406 e. The van der Waals surface area contributed by atoms with E-state index in [1.165, 1.54) is 7.11 Å². The summed E-state index contributed by atoms with van der Waals surface area (Å²) in [5.41, 5.74) is 2.21. The second kappa shape index (κ2) is 14.9. The van der Waals surface area contributed by atoms with E-state index in [4.69, 9.17) is 21.1 Å². The molecule has 3 N–H and O–H groups in total. The van der Waals surface area contributed by atoms with Crippen LogP contribution in [-0.4, -0.2) is 65.1 Å². The monoisotopic (exact) mass is 531 g/mol. The van der Waals surface area contributed by atoms with Crippen LogP contribution in [0, 0.1) is 11.8 Å². The summed E-state index contributed by atoms with van der Waals surface area (Å²) in [5, 5.41) is 9.65. The molecule has 8 nitrogen and oxygen atoms in total. The van der Waals surface area contributed by atoms with Crippen molar-refractivity contribution in [2.75, 3.05) is 47.1 Å². The highest BCUT2D eigenvalue weighted by Gasteiger charge is 2.27. The zero-order valence-corrected chi connectivity index (χ0v) is 22.6. The topological polar surface area (TPSA) is 97.9 Å². The van der Waals surface area contributed by atoms with E-state index in [1.807, 2.05) is 43.4 Å². The zero-order chi connectivity index (χ0) is 26.6. The number of likely N-dealkylation sites (N-methyl/N-ethyl adjacent to an activating group) is 1. The Hall–Kier alpha value is -2.65. The van der Waals surface area contributed by atoms with Gasteiger partial charge in [0.1, 0.15) is 6.10 Å². The first kappa shape index (κ1) is 28.9. The van der Waals surface area contributed by atoms with Crippen LogP contribution in [0.1, 0.15) is 47.4 Å². The SMILES string of the molecule is CN[C@H](CNC(=O)c1cccc(C(OCCNC(=O)OC)c2cccc(Cl)c2)c1)[C@H](C)[C@H]1CCCOC1. The van der Waals surface area contributed by atoms with Crippen LogP contribution in [0.4, 0.5) is 4.79 Å². The molecule has 1 fully saturated rings. The molecule has 37 heavy (non-hydrogen) atoms. The molecule has 202 valence electrons. The summed E-state index contributed by atoms with van der Waals surface area (Å²) in [4.78, 5) is 24.5. The number of halogens is 1. The lowest BCUT2D eigenvalue weighted by Crippen LogP contribution is -2.46. The van der Waals surface area contributed by atoms with E-state index in [1.54, 1.807) is 12.1 Å². The van der Waals surface area contributed by atoms with E-state index in [-0.39, 0.29) is 25.1 Å². The predicted octanol–water partition coefficient (Wildman–Crippen LogP) is 4.18. The lowest BCUT2D eigenvalue weighted by Gasteiger charge is -2.33. The minimum Gasteiger partial charge on any atom is -0.453 e. The van der Waals surface area contributed by atoms with Gasteiger partial charge >= 0.3 is 6.09 Å². The fraction of sp³-hybridized carbons (Fsp3) is 0.500. The van der Waals surface area contributed by atoms with Crippen LogP contribution >= 0.6 is 11.6 Å². The molecule has 0 bridgehead atoms. The Balaban J connectivity index is 1.69. The van der Waals surface area contributed by atoms with Gasteiger partial charge < -0.3 is 30.2 Å². The van der Waals surface area contributed by atoms with E-state index in [0.29, 0.717) is 29.0 Å². The third-order valence-corrected chi connectivity index (χ3v) is 7.11. The molecular weight excluding hydrogens is 494 g/mol. The number of nitrogens with one attached hydrogen (secondary N) is 3. The summed E-state index contributed by atoms with van der Waals surface area (Å²) in [5.74, 6) is 0.707. The van der Waals surface area contributed by atoms with Crippen LogP contribution < -0.4 is 16.0 Å². The summed E-state index contributed by atoms with van der Waals surface area (Å²) in [6, 6.07) is 14.9. The molecule has 0 aliphatic carbocycles. The fourth-order valence-electron chi connectivity index (χ4n) is 4.66. The van der Waals surface area contributed by atoms with E-state index in [0.717, 1.165) is 37.2 Å². The maximum absolute atomic E-state index is 13.1. The van der Waals surface area contributed by atoms with Crippen LogP contribution in [0.25, 0.3) is 0 Å². The van der Waals surface area contributed by atoms with Gasteiger partial charge in [0.25, 0.3) is 5.91 Å². The molecule has 1 heterocycles. The summed E-state index contributed by atoms with van der Waals surface area (Å²) < 4.78 is 16.4. The number of carbonyl (C=O) groups excluding carboxylic acids is 2. The first-order valence-electron chi connectivity index (χ1n) is 12.7. The average molecular weight is 532 g/mol. The predicted molar refractivity (Wildman–Crippen MR) is 144 cm³/mol. The van der Waals surface area contributed by atoms with Crippen LogP contribution in [0.5, 0.6) is 0 Å². The Bertz CT molecular complexity index is 1010. The van der Waals surface area contributed by atoms with Crippen LogP contribution in [0.15, 0.2) is 48.5 Å². The quantitative estimate of drug-likeness (QED) is 0.355. The lowest BCUT2D eigenvalue weighted by molar-refractivity contribution is 0.0266. The van der Waals surface area contributed by atoms with Crippen molar-refractivity contribution < 1.29 is 23.8 Å². The van der Waals surface area contributed by atoms with Crippen LogP contribution in [0.3, 0.4) is 0 Å². The highest BCUT2D eigenvalue weighted by Crippen LogP contribution is 2.29. The maximum atomic E-state index is 13.1. The van der Waals surface area contributed by atoms with Crippen molar-refractivity contribution in [3.8, 4) is 0 Å². The molecule has 9 heteroatoms. The number of ether oxygens (including phenoxy) is 3. The first-order chi connectivity index (χ1) is 17.9. The number of alkyl carbamates (subject to hydrolysis) is 1. The Morgan fingerprint density at radius 2 is 1.89 bits per heavy atom. The molecule has 3 rings (SSSR count). The van der Waals surface area contributed by atoms with Crippen molar-refractivity contribution in [1.29, 1.82) is 0 Å². The second-order valence-electron chi connectivity index (χ2n) is 9.29. The summed E-state index contributed by atoms with van der Waals surface area (Å²) >= 11 is 6.24. The standard InChI is InChI=1S/C28H38ClN3O5/c1-19(23-10-6-13-36-18-23)25(30-2)17-32-27(33)22-9-4-7-20(15-22)26(21-8-5-11-24(29)16-21)37-14-12-31-28(34)35-3/h4-5,7-9,11,15-16,19,23,25-26,30H,6,10,12-14,17-18H2,1-3H3,(H,31,34)(H,32,33)/t19-,23+,25-,26?/m1/s1. The van der Waals surface area contributed by atoms with Crippen molar-refractivity contribution >= 4 is 23.6 Å². The molecule has 1 aliphatic heterocycles. The van der Waals surface area contributed by atoms with Gasteiger partial charge in [0.05, 0.1) is 13.7 Å². The highest BCUT2D eigenvalue weighted by atomic mass is 35.5. The zero-order valence-electron chi connectivity index (χ0n) is 21.8. The number of rotatable bonds is 12. The Labute approximate surface area is 224 Å². The molecule has 2 amide bonds. The van der Waals surface area contributed by atoms with E-state index in [2.05, 4.69) is 27.6 Å². The summed E-state index contributed by atoms with van der Waals surface area (Å²) in [7, 11) is 3.24. The van der Waals surface area contributed by atoms with Crippen molar-refractivity contribution in [2.24, 2.45) is 11.8 Å². The van der Waals surface area contributed by atoms with Gasteiger partial charge in [0.2, 0.25) is 0 Å². The molecule has 2 aromatic carbocycles. The summed E-state index contributed by atoms with van der Waals surface area (Å²) in [6.07, 6.45) is 1.24. The van der Waals surface area contributed by atoms with Gasteiger partial charge in [-0.3, -0.25) is 4.79 Å². The number of amides is 2. The lowest BCUT2D eigenvalue weighted by atomic mass is 9.84. The Kier molecular flexibility index (Phi) is 11.7. The third-order valence-electron chi connectivity index (χ3n) is 6.87. The minimum absolute atomic E-state index is 0.142. The number of methoxy groups -OCH3 is 1. The van der Waals surface area contributed by atoms with Crippen molar-refractivity contribution in [2.45, 2.75) is 31.9 Å². The van der Waals surface area contributed by atoms with Crippen molar-refractivity contribution in [1.82, 2.24) is 16.0 Å². The van der Waals surface area contributed by atoms with Gasteiger partial charge in [-0.05, 0) is 67.1 Å². The van der Waals surface area contributed by atoms with Gasteiger partial charge in [-0.1, -0.05) is 42.8 Å². The van der Waals surface area contributed by atoms with Gasteiger partial charge in [0, 0.05) is 42.9 Å². The molecule has 1 saturated heterocycles. The first-order valence-corrected chi connectivity index (χ1v) is 13.1. The van der Waals surface area contributed by atoms with E-state index < -0.39 is 12.2 Å². The van der Waals surface area contributed by atoms with Gasteiger partial charge in [-0.2, -0.15) is 0 Å². The Morgan fingerprint density at radius 3 is 2.57 bits per heavy atom. The fourth-order valence-corrected chi connectivity index (χ4v) is 4.86. The molecule has 1 unspecified atom stereocenters. The summed E-state index contributed by atoms with van der Waals surface area (Å²) in [6.45, 7) is 4.87.